The van der Waals surface area contributed by atoms with Gasteiger partial charge >= 0.3 is 0 Å². The van der Waals surface area contributed by atoms with Gasteiger partial charge < -0.3 is 15.2 Å². The molecule has 1 atom stereocenters. The van der Waals surface area contributed by atoms with E-state index >= 15 is 0 Å². The summed E-state index contributed by atoms with van der Waals surface area (Å²) < 4.78 is 11.1. The van der Waals surface area contributed by atoms with Gasteiger partial charge in [-0.05, 0) is 23.3 Å². The van der Waals surface area contributed by atoms with Crippen LogP contribution in [0.1, 0.15) is 23.6 Å². The van der Waals surface area contributed by atoms with Crippen molar-refractivity contribution in [3.63, 3.8) is 0 Å². The largest absolute Gasteiger partial charge is 0.493 e. The van der Waals surface area contributed by atoms with Crippen LogP contribution in [0.15, 0.2) is 48.5 Å². The summed E-state index contributed by atoms with van der Waals surface area (Å²) in [7, 11) is 1.60. The monoisotopic (exact) mass is 318 g/mol. The second-order valence-corrected chi connectivity index (χ2v) is 4.65. The summed E-state index contributed by atoms with van der Waals surface area (Å²) in [6.45, 7) is 0.453. The maximum Gasteiger partial charge on any atom is 0.161 e. The van der Waals surface area contributed by atoms with Crippen molar-refractivity contribution in [1.29, 1.82) is 5.26 Å². The van der Waals surface area contributed by atoms with Gasteiger partial charge in [0.1, 0.15) is 6.61 Å². The molecule has 2 aromatic rings. The zero-order valence-corrected chi connectivity index (χ0v) is 13.2. The van der Waals surface area contributed by atoms with Crippen LogP contribution in [0.25, 0.3) is 0 Å². The minimum atomic E-state index is -0.319. The number of nitrogens with two attached hydrogens (primary N) is 1. The van der Waals surface area contributed by atoms with E-state index in [2.05, 4.69) is 6.07 Å². The zero-order chi connectivity index (χ0) is 15.1. The number of nitriles is 1. The summed E-state index contributed by atoms with van der Waals surface area (Å²) in [6.07, 6.45) is 0.268. The molecular weight excluding hydrogens is 300 g/mol. The number of nitrogens with zero attached hydrogens (tertiary/aromatic N) is 1. The number of ether oxygens (including phenoxy) is 2. The number of hydrogen-bond acceptors (Lipinski definition) is 4. The van der Waals surface area contributed by atoms with Crippen LogP contribution in [-0.4, -0.2) is 7.11 Å². The Balaban J connectivity index is 0.00000242. The van der Waals surface area contributed by atoms with E-state index in [9.17, 15) is 0 Å². The second-order valence-electron chi connectivity index (χ2n) is 4.65. The minimum absolute atomic E-state index is 0. The number of rotatable bonds is 6. The molecule has 0 fully saturated rings. The second kappa shape index (κ2) is 8.93. The summed E-state index contributed by atoms with van der Waals surface area (Å²) in [5, 5.41) is 8.73. The molecule has 0 aliphatic carbocycles. The molecule has 116 valence electrons. The van der Waals surface area contributed by atoms with E-state index in [1.165, 1.54) is 0 Å². The highest BCUT2D eigenvalue weighted by atomic mass is 35.5. The first kappa shape index (κ1) is 17.8. The number of methoxy groups -OCH3 is 1. The van der Waals surface area contributed by atoms with E-state index < -0.39 is 0 Å². The molecule has 0 aromatic heterocycles. The number of benzene rings is 2. The third-order valence-corrected chi connectivity index (χ3v) is 3.16. The summed E-state index contributed by atoms with van der Waals surface area (Å²) in [5.74, 6) is 1.28. The first-order valence-corrected chi connectivity index (χ1v) is 6.71. The maximum absolute atomic E-state index is 8.73. The average molecular weight is 319 g/mol. The molecule has 0 unspecified atom stereocenters. The molecule has 0 aliphatic rings. The van der Waals surface area contributed by atoms with Crippen molar-refractivity contribution >= 4 is 12.4 Å². The van der Waals surface area contributed by atoms with Crippen molar-refractivity contribution in [3.05, 3.63) is 59.7 Å². The highest BCUT2D eigenvalue weighted by molar-refractivity contribution is 5.85. The molecule has 2 N–H and O–H groups in total. The van der Waals surface area contributed by atoms with Gasteiger partial charge in [0.25, 0.3) is 0 Å². The van der Waals surface area contributed by atoms with Crippen molar-refractivity contribution in [2.45, 2.75) is 19.1 Å². The van der Waals surface area contributed by atoms with Crippen molar-refractivity contribution in [2.24, 2.45) is 5.73 Å². The normalized spacial score (nSPS) is 11.0. The van der Waals surface area contributed by atoms with Gasteiger partial charge in [0.2, 0.25) is 0 Å². The smallest absolute Gasteiger partial charge is 0.161 e. The van der Waals surface area contributed by atoms with Gasteiger partial charge in [0.05, 0.1) is 19.6 Å². The summed E-state index contributed by atoms with van der Waals surface area (Å²) in [5.41, 5.74) is 7.89. The van der Waals surface area contributed by atoms with Crippen LogP contribution in [0.2, 0.25) is 0 Å². The van der Waals surface area contributed by atoms with E-state index in [4.69, 9.17) is 20.5 Å². The minimum Gasteiger partial charge on any atom is -0.493 e. The van der Waals surface area contributed by atoms with Crippen molar-refractivity contribution in [2.75, 3.05) is 7.11 Å². The number of hydrogen-bond donors (Lipinski definition) is 1. The molecule has 0 saturated carbocycles. The molecule has 0 saturated heterocycles. The Bertz CT molecular complexity index is 626. The molecule has 0 aliphatic heterocycles. The molecule has 2 rings (SSSR count). The Hall–Kier alpha value is -2.22. The van der Waals surface area contributed by atoms with E-state index in [0.717, 1.165) is 11.1 Å². The first-order valence-electron chi connectivity index (χ1n) is 6.71. The Morgan fingerprint density at radius 1 is 1.14 bits per heavy atom. The highest BCUT2D eigenvalue weighted by Gasteiger charge is 2.11. The standard InChI is InChI=1S/C17H18N2O2.ClH/c1-20-16-8-7-14(15(19)9-10-18)11-17(16)21-12-13-5-3-2-4-6-13;/h2-8,11,15H,9,12,19H2,1H3;1H/t15-;/m0./s1. The first-order chi connectivity index (χ1) is 10.2. The van der Waals surface area contributed by atoms with E-state index in [0.29, 0.717) is 18.1 Å². The summed E-state index contributed by atoms with van der Waals surface area (Å²) >= 11 is 0. The Kier molecular flexibility index (Phi) is 7.24. The Labute approximate surface area is 136 Å². The topological polar surface area (TPSA) is 68.3 Å². The lowest BCUT2D eigenvalue weighted by Crippen LogP contribution is -2.09. The Morgan fingerprint density at radius 2 is 1.86 bits per heavy atom. The molecule has 0 heterocycles. The van der Waals surface area contributed by atoms with E-state index in [-0.39, 0.29) is 24.9 Å². The fourth-order valence-electron chi connectivity index (χ4n) is 1.99. The van der Waals surface area contributed by atoms with Gasteiger partial charge in [-0.15, -0.1) is 12.4 Å². The third kappa shape index (κ3) is 4.66. The maximum atomic E-state index is 8.73. The zero-order valence-electron chi connectivity index (χ0n) is 12.4. The fraction of sp³-hybridized carbons (Fsp3) is 0.235. The fourth-order valence-corrected chi connectivity index (χ4v) is 1.99. The number of halogens is 1. The van der Waals surface area contributed by atoms with E-state index in [1.807, 2.05) is 48.5 Å². The van der Waals surface area contributed by atoms with Crippen LogP contribution in [0, 0.1) is 11.3 Å². The lowest BCUT2D eigenvalue weighted by atomic mass is 10.0. The van der Waals surface area contributed by atoms with Gasteiger partial charge in [-0.3, -0.25) is 0 Å². The van der Waals surface area contributed by atoms with Crippen LogP contribution < -0.4 is 15.2 Å². The van der Waals surface area contributed by atoms with Crippen LogP contribution in [0.4, 0.5) is 0 Å². The average Bonchev–Trinajstić information content (AvgIpc) is 2.54. The van der Waals surface area contributed by atoms with Crippen LogP contribution in [-0.2, 0) is 6.61 Å². The van der Waals surface area contributed by atoms with Gasteiger partial charge in [-0.25, -0.2) is 0 Å². The lowest BCUT2D eigenvalue weighted by molar-refractivity contribution is 0.284. The lowest BCUT2D eigenvalue weighted by Gasteiger charge is -2.14. The molecule has 4 nitrogen and oxygen atoms in total. The molecule has 0 bridgehead atoms. The van der Waals surface area contributed by atoms with Gasteiger partial charge in [0.15, 0.2) is 11.5 Å². The quantitative estimate of drug-likeness (QED) is 0.883. The van der Waals surface area contributed by atoms with Crippen molar-refractivity contribution < 1.29 is 9.47 Å². The Morgan fingerprint density at radius 3 is 2.50 bits per heavy atom. The van der Waals surface area contributed by atoms with Crippen LogP contribution in [0.3, 0.4) is 0 Å². The molecule has 2 aromatic carbocycles. The van der Waals surface area contributed by atoms with Crippen LogP contribution in [0.5, 0.6) is 11.5 Å². The van der Waals surface area contributed by atoms with Crippen molar-refractivity contribution in [1.82, 2.24) is 0 Å². The molecule has 5 heteroatoms. The summed E-state index contributed by atoms with van der Waals surface area (Å²) in [6, 6.07) is 17.2. The highest BCUT2D eigenvalue weighted by Crippen LogP contribution is 2.31. The van der Waals surface area contributed by atoms with Crippen LogP contribution >= 0.6 is 12.4 Å². The SMILES string of the molecule is COc1ccc([C@@H](N)CC#N)cc1OCc1ccccc1.Cl. The van der Waals surface area contributed by atoms with Gasteiger partial charge in [0, 0.05) is 6.04 Å². The summed E-state index contributed by atoms with van der Waals surface area (Å²) in [4.78, 5) is 0. The molecule has 0 spiro atoms. The molecule has 0 radical (unpaired) electrons. The van der Waals surface area contributed by atoms with Crippen molar-refractivity contribution in [3.8, 4) is 17.6 Å². The molecular formula is C17H19ClN2O2. The third-order valence-electron chi connectivity index (χ3n) is 3.16. The van der Waals surface area contributed by atoms with E-state index in [1.54, 1.807) is 7.11 Å². The predicted molar refractivity (Wildman–Crippen MR) is 88.2 cm³/mol. The van der Waals surface area contributed by atoms with Gasteiger partial charge in [-0.1, -0.05) is 36.4 Å². The molecule has 22 heavy (non-hydrogen) atoms. The van der Waals surface area contributed by atoms with Gasteiger partial charge in [-0.2, -0.15) is 5.26 Å². The molecule has 0 amide bonds. The predicted octanol–water partition coefficient (Wildman–Crippen LogP) is 3.61.